The molecule has 1 amide bonds. The van der Waals surface area contributed by atoms with E-state index < -0.39 is 60.3 Å². The maximum Gasteiger partial charge on any atom is 0.510 e. The van der Waals surface area contributed by atoms with E-state index in [4.69, 9.17) is 14.2 Å². The van der Waals surface area contributed by atoms with Crippen LogP contribution in [0, 0.1) is 5.82 Å². The number of benzene rings is 2. The number of carbonyl (C=O) groups excluding carboxylic acids is 2. The number of pyridine rings is 1. The van der Waals surface area contributed by atoms with Gasteiger partial charge in [-0.15, -0.1) is 11.3 Å². The number of nitrogens with zero attached hydrogens (tertiary/aromatic N) is 2. The second-order valence-electron chi connectivity index (χ2n) is 11.3. The smallest absolute Gasteiger partial charge is 0.451 e. The first kappa shape index (κ1) is 28.6. The standard InChI is InChI=1S/C32H24F3N3O7S/c1-42-31(41)45-14-44-27-21(39)7-8-38-25(27)30(40)37-9-10-43-26(29(37)36-38)17-3-2-4-18-19(17)11-15-5-6-20(33)24-22(15)23-16(12-32(24,34)35)13-46-28(18)23/h2-8,13,26,29,36H,9-12,14H2,1H3/t26-,29-/m0/s1. The number of alkyl halides is 2. The molecule has 10 nitrogen and oxygen atoms in total. The van der Waals surface area contributed by atoms with Gasteiger partial charge in [-0.05, 0) is 51.2 Å². The molecule has 0 radical (unpaired) electrons. The summed E-state index contributed by atoms with van der Waals surface area (Å²) >= 11 is 1.35. The predicted octanol–water partition coefficient (Wildman–Crippen LogP) is 5.15. The number of nitrogens with one attached hydrogen (secondary N) is 1. The number of thiophene rings is 1. The SMILES string of the molecule is COC(=O)OCOc1c2n(ccc1=O)N[C@@H]1[C@H](c3cccc4c3Cc3ccc(F)c5c3-c3c(csc3-4)CC5(F)F)OCCN1C2=O. The van der Waals surface area contributed by atoms with Crippen LogP contribution in [0.25, 0.3) is 21.6 Å². The van der Waals surface area contributed by atoms with Crippen molar-refractivity contribution in [1.29, 1.82) is 0 Å². The summed E-state index contributed by atoms with van der Waals surface area (Å²) in [6, 6.07) is 9.57. The van der Waals surface area contributed by atoms with Crippen LogP contribution in [0.3, 0.4) is 0 Å². The zero-order valence-electron chi connectivity index (χ0n) is 24.1. The lowest BCUT2D eigenvalue weighted by Crippen LogP contribution is -2.60. The molecule has 236 valence electrons. The number of hydrogen-bond donors (Lipinski definition) is 1. The van der Waals surface area contributed by atoms with Crippen molar-refractivity contribution in [2.75, 3.05) is 32.5 Å². The van der Waals surface area contributed by atoms with Crippen LogP contribution < -0.4 is 15.6 Å². The molecular weight excluding hydrogens is 627 g/mol. The van der Waals surface area contributed by atoms with E-state index in [2.05, 4.69) is 10.2 Å². The predicted molar refractivity (Wildman–Crippen MR) is 158 cm³/mol. The monoisotopic (exact) mass is 651 g/mol. The van der Waals surface area contributed by atoms with E-state index >= 15 is 13.2 Å². The van der Waals surface area contributed by atoms with Crippen molar-refractivity contribution >= 4 is 23.4 Å². The molecule has 2 aliphatic carbocycles. The van der Waals surface area contributed by atoms with Crippen molar-refractivity contribution in [3.05, 3.63) is 97.5 Å². The van der Waals surface area contributed by atoms with Gasteiger partial charge in [0.25, 0.3) is 11.8 Å². The number of carbonyl (C=O) groups is 2. The third-order valence-electron chi connectivity index (χ3n) is 8.86. The Bertz CT molecular complexity index is 2030. The molecule has 1 saturated heterocycles. The fourth-order valence-corrected chi connectivity index (χ4v) is 8.07. The van der Waals surface area contributed by atoms with Crippen molar-refractivity contribution in [1.82, 2.24) is 9.58 Å². The third-order valence-corrected chi connectivity index (χ3v) is 9.92. The minimum absolute atomic E-state index is 0.0803. The molecule has 0 bridgehead atoms. The molecular formula is C32H24F3N3O7S. The Hall–Kier alpha value is -4.82. The number of morpholine rings is 1. The Balaban J connectivity index is 1.21. The maximum atomic E-state index is 15.3. The topological polar surface area (TPSA) is 108 Å². The molecule has 2 aliphatic heterocycles. The van der Waals surface area contributed by atoms with Gasteiger partial charge in [-0.2, -0.15) is 0 Å². The average molecular weight is 652 g/mol. The Morgan fingerprint density at radius 3 is 2.83 bits per heavy atom. The molecule has 2 atom stereocenters. The van der Waals surface area contributed by atoms with Crippen LogP contribution in [0.4, 0.5) is 18.0 Å². The van der Waals surface area contributed by atoms with Crippen LogP contribution in [0.15, 0.2) is 52.8 Å². The molecule has 4 aromatic rings. The van der Waals surface area contributed by atoms with Crippen LogP contribution in [0.5, 0.6) is 5.75 Å². The summed E-state index contributed by atoms with van der Waals surface area (Å²) in [6.45, 7) is -0.283. The summed E-state index contributed by atoms with van der Waals surface area (Å²) < 4.78 is 68.0. The van der Waals surface area contributed by atoms with Gasteiger partial charge in [0.2, 0.25) is 18.0 Å². The van der Waals surface area contributed by atoms with Crippen LogP contribution in [-0.2, 0) is 33.0 Å². The van der Waals surface area contributed by atoms with E-state index in [1.165, 1.54) is 33.2 Å². The summed E-state index contributed by atoms with van der Waals surface area (Å²) in [5, 5.41) is 1.73. The van der Waals surface area contributed by atoms with Gasteiger partial charge >= 0.3 is 6.16 Å². The summed E-state index contributed by atoms with van der Waals surface area (Å²) in [4.78, 5) is 40.3. The molecule has 14 heteroatoms. The summed E-state index contributed by atoms with van der Waals surface area (Å²) in [7, 11) is 1.12. The van der Waals surface area contributed by atoms with Crippen molar-refractivity contribution in [3.63, 3.8) is 0 Å². The highest BCUT2D eigenvalue weighted by molar-refractivity contribution is 7.14. The molecule has 2 aromatic heterocycles. The van der Waals surface area contributed by atoms with Gasteiger partial charge in [0.15, 0.2) is 5.69 Å². The number of hydrogen-bond acceptors (Lipinski definition) is 9. The van der Waals surface area contributed by atoms with Gasteiger partial charge in [0, 0.05) is 35.7 Å². The number of ether oxygens (including phenoxy) is 4. The van der Waals surface area contributed by atoms with Gasteiger partial charge < -0.3 is 29.3 Å². The van der Waals surface area contributed by atoms with Gasteiger partial charge in [-0.3, -0.25) is 14.3 Å². The second-order valence-corrected chi connectivity index (χ2v) is 12.2. The lowest BCUT2D eigenvalue weighted by atomic mass is 9.81. The normalized spacial score (nSPS) is 19.9. The first-order chi connectivity index (χ1) is 22.2. The van der Waals surface area contributed by atoms with Crippen molar-refractivity contribution in [2.45, 2.75) is 31.0 Å². The number of rotatable bonds is 4. The van der Waals surface area contributed by atoms with Crippen LogP contribution >= 0.6 is 11.3 Å². The van der Waals surface area contributed by atoms with Gasteiger partial charge in [0.05, 0.1) is 19.3 Å². The minimum Gasteiger partial charge on any atom is -0.451 e. The van der Waals surface area contributed by atoms with Crippen molar-refractivity contribution in [2.24, 2.45) is 0 Å². The zero-order chi connectivity index (χ0) is 31.9. The molecule has 46 heavy (non-hydrogen) atoms. The molecule has 1 fully saturated rings. The molecule has 1 N–H and O–H groups in total. The first-order valence-corrected chi connectivity index (χ1v) is 15.3. The first-order valence-electron chi connectivity index (χ1n) is 14.4. The Morgan fingerprint density at radius 1 is 1.15 bits per heavy atom. The van der Waals surface area contributed by atoms with Gasteiger partial charge in [-0.25, -0.2) is 18.0 Å². The molecule has 2 aromatic carbocycles. The number of fused-ring (bicyclic) bond motifs is 4. The second kappa shape index (κ2) is 10.4. The average Bonchev–Trinajstić information content (AvgIpc) is 3.38. The van der Waals surface area contributed by atoms with E-state index in [9.17, 15) is 14.4 Å². The molecule has 8 rings (SSSR count). The fourth-order valence-electron chi connectivity index (χ4n) is 6.94. The Kier molecular flexibility index (Phi) is 6.45. The molecule has 4 heterocycles. The van der Waals surface area contributed by atoms with Crippen LogP contribution in [0.2, 0.25) is 0 Å². The summed E-state index contributed by atoms with van der Waals surface area (Å²) in [5.41, 5.74) is 6.41. The minimum atomic E-state index is -3.35. The lowest BCUT2D eigenvalue weighted by molar-refractivity contribution is -0.0606. The molecule has 0 unspecified atom stereocenters. The Labute approximate surface area is 262 Å². The highest BCUT2D eigenvalue weighted by Gasteiger charge is 2.47. The molecule has 0 spiro atoms. The van der Waals surface area contributed by atoms with Crippen LogP contribution in [-0.4, -0.2) is 54.9 Å². The van der Waals surface area contributed by atoms with Crippen molar-refractivity contribution in [3.8, 4) is 27.3 Å². The van der Waals surface area contributed by atoms with Gasteiger partial charge in [0.1, 0.15) is 18.1 Å². The van der Waals surface area contributed by atoms with E-state index in [0.29, 0.717) is 16.7 Å². The summed E-state index contributed by atoms with van der Waals surface area (Å²) in [5.74, 6) is -5.08. The van der Waals surface area contributed by atoms with E-state index in [1.807, 2.05) is 18.2 Å². The number of amides is 1. The number of halogens is 3. The number of methoxy groups -OCH3 is 1. The zero-order valence-corrected chi connectivity index (χ0v) is 24.9. The highest BCUT2D eigenvalue weighted by atomic mass is 32.1. The van der Waals surface area contributed by atoms with Crippen molar-refractivity contribution < 1.29 is 41.7 Å². The number of aromatic nitrogens is 1. The van der Waals surface area contributed by atoms with Crippen LogP contribution in [0.1, 0.15) is 44.4 Å². The summed E-state index contributed by atoms with van der Waals surface area (Å²) in [6.07, 6.45) is -1.38. The van der Waals surface area contributed by atoms with E-state index in [1.54, 1.807) is 11.4 Å². The molecule has 4 aliphatic rings. The highest BCUT2D eigenvalue weighted by Crippen LogP contribution is 2.56. The largest absolute Gasteiger partial charge is 0.510 e. The fraction of sp³-hybridized carbons (Fsp3) is 0.281. The Morgan fingerprint density at radius 2 is 2.00 bits per heavy atom. The lowest BCUT2D eigenvalue weighted by Gasteiger charge is -2.46. The van der Waals surface area contributed by atoms with Gasteiger partial charge in [-0.1, -0.05) is 24.3 Å². The molecule has 0 saturated carbocycles. The maximum absolute atomic E-state index is 15.3. The quantitative estimate of drug-likeness (QED) is 0.210. The van der Waals surface area contributed by atoms with E-state index in [0.717, 1.165) is 34.7 Å². The van der Waals surface area contributed by atoms with E-state index in [-0.39, 0.29) is 36.6 Å². The third kappa shape index (κ3) is 4.16.